The molecule has 0 aliphatic rings. The SMILES string of the molecule is CCCCC(CCC)c1ncc(-c2ccc3c(c2)cc(-c2ccc(-c4cnc(C(C)CCCC(C)CC)[nH]4)cc2C)n3C(O)c2ccccc2)[nH]1. The largest absolute Gasteiger partial charge is 0.369 e. The molecule has 0 spiro atoms. The molecule has 0 saturated heterocycles. The maximum absolute atomic E-state index is 11.9. The van der Waals surface area contributed by atoms with Gasteiger partial charge >= 0.3 is 0 Å². The molecule has 3 aromatic carbocycles. The fraction of sp³-hybridized carbons (Fsp3) is 0.422. The molecule has 4 atom stereocenters. The van der Waals surface area contributed by atoms with Gasteiger partial charge in [-0.2, -0.15) is 0 Å². The van der Waals surface area contributed by atoms with Gasteiger partial charge in [0.2, 0.25) is 0 Å². The van der Waals surface area contributed by atoms with Gasteiger partial charge in [-0.3, -0.25) is 0 Å². The molecule has 6 nitrogen and oxygen atoms in total. The van der Waals surface area contributed by atoms with E-state index in [4.69, 9.17) is 9.97 Å². The molecular weight excluding hydrogens is 627 g/mol. The number of nitrogens with one attached hydrogen (secondary N) is 2. The van der Waals surface area contributed by atoms with Crippen molar-refractivity contribution in [2.24, 2.45) is 5.92 Å². The van der Waals surface area contributed by atoms with Gasteiger partial charge in [-0.1, -0.05) is 122 Å². The lowest BCUT2D eigenvalue weighted by atomic mass is 9.96. The normalized spacial score (nSPS) is 14.2. The predicted molar refractivity (Wildman–Crippen MR) is 213 cm³/mol. The molecule has 3 N–H and O–H groups in total. The lowest BCUT2D eigenvalue weighted by Gasteiger charge is -2.20. The Morgan fingerprint density at radius 1 is 0.725 bits per heavy atom. The molecule has 3 aromatic heterocycles. The van der Waals surface area contributed by atoms with Crippen LogP contribution in [0.2, 0.25) is 0 Å². The first-order valence-corrected chi connectivity index (χ1v) is 19.4. The zero-order valence-electron chi connectivity index (χ0n) is 31.5. The number of hydrogen-bond acceptors (Lipinski definition) is 3. The van der Waals surface area contributed by atoms with Gasteiger partial charge < -0.3 is 19.6 Å². The molecule has 0 aliphatic heterocycles. The molecule has 0 bridgehead atoms. The number of aromatic amines is 2. The van der Waals surface area contributed by atoms with E-state index in [1.165, 1.54) is 32.1 Å². The van der Waals surface area contributed by atoms with Gasteiger partial charge in [0.15, 0.2) is 6.23 Å². The van der Waals surface area contributed by atoms with Gasteiger partial charge in [-0.15, -0.1) is 0 Å². The van der Waals surface area contributed by atoms with Crippen molar-refractivity contribution in [3.63, 3.8) is 0 Å². The molecule has 6 rings (SSSR count). The number of aromatic nitrogens is 5. The van der Waals surface area contributed by atoms with Crippen molar-refractivity contribution in [2.75, 3.05) is 0 Å². The number of unbranched alkanes of at least 4 members (excludes halogenated alkanes) is 1. The third-order valence-electron chi connectivity index (χ3n) is 10.9. The van der Waals surface area contributed by atoms with Gasteiger partial charge in [-0.05, 0) is 67.5 Å². The van der Waals surface area contributed by atoms with Crippen molar-refractivity contribution < 1.29 is 5.11 Å². The molecular formula is C45H57N5O. The Balaban J connectivity index is 1.33. The maximum atomic E-state index is 11.9. The van der Waals surface area contributed by atoms with Gasteiger partial charge in [0, 0.05) is 33.9 Å². The van der Waals surface area contributed by atoms with Crippen LogP contribution in [0.25, 0.3) is 44.7 Å². The van der Waals surface area contributed by atoms with Crippen LogP contribution in [0.4, 0.5) is 0 Å². The zero-order valence-corrected chi connectivity index (χ0v) is 31.5. The number of aryl methyl sites for hydroxylation is 1. The molecule has 0 fully saturated rings. The van der Waals surface area contributed by atoms with E-state index in [1.54, 1.807) is 0 Å². The summed E-state index contributed by atoms with van der Waals surface area (Å²) in [6, 6.07) is 25.3. The van der Waals surface area contributed by atoms with E-state index in [-0.39, 0.29) is 0 Å². The number of nitrogens with zero attached hydrogens (tertiary/aromatic N) is 3. The van der Waals surface area contributed by atoms with Crippen molar-refractivity contribution in [2.45, 2.75) is 117 Å². The van der Waals surface area contributed by atoms with Crippen molar-refractivity contribution in [3.05, 3.63) is 108 Å². The van der Waals surface area contributed by atoms with Crippen LogP contribution >= 0.6 is 0 Å². The van der Waals surface area contributed by atoms with E-state index in [9.17, 15) is 5.11 Å². The number of aliphatic hydroxyl groups excluding tert-OH is 1. The minimum absolute atomic E-state index is 0.399. The average Bonchev–Trinajstić information content (AvgIpc) is 3.92. The summed E-state index contributed by atoms with van der Waals surface area (Å²) in [6.45, 7) is 13.6. The van der Waals surface area contributed by atoms with Gasteiger partial charge in [0.1, 0.15) is 11.6 Å². The smallest absolute Gasteiger partial charge is 0.157 e. The van der Waals surface area contributed by atoms with E-state index in [2.05, 4.69) is 98.5 Å². The molecule has 6 heteroatoms. The van der Waals surface area contributed by atoms with Crippen molar-refractivity contribution in [3.8, 4) is 33.8 Å². The molecule has 268 valence electrons. The first-order chi connectivity index (χ1) is 24.8. The lowest BCUT2D eigenvalue weighted by molar-refractivity contribution is 0.153. The third-order valence-corrected chi connectivity index (χ3v) is 10.9. The summed E-state index contributed by atoms with van der Waals surface area (Å²) in [4.78, 5) is 16.9. The van der Waals surface area contributed by atoms with E-state index in [0.29, 0.717) is 11.8 Å². The standard InChI is InChI=1S/C45H57N5O/c1-7-10-18-33(15-8-2)44-47-29-40(49-44)36-22-24-41-37(26-36)27-42(50(41)45(51)34-19-12-11-13-20-34)38-23-21-35(25-32(38)6)39-28-46-43(48-39)31(5)17-14-16-30(4)9-3/h11-13,19-31,33,45,51H,7-10,14-18H2,1-6H3,(H,46,48)(H,47,49). The Labute approximate surface area is 304 Å². The first-order valence-electron chi connectivity index (χ1n) is 19.4. The summed E-state index contributed by atoms with van der Waals surface area (Å²) in [5.41, 5.74) is 9.34. The highest BCUT2D eigenvalue weighted by Crippen LogP contribution is 2.38. The van der Waals surface area contributed by atoms with Crippen LogP contribution in [-0.2, 0) is 0 Å². The molecule has 0 amide bonds. The number of H-pyrrole nitrogens is 2. The maximum Gasteiger partial charge on any atom is 0.157 e. The van der Waals surface area contributed by atoms with Gasteiger partial charge in [0.05, 0.1) is 35.0 Å². The van der Waals surface area contributed by atoms with Crippen molar-refractivity contribution in [1.29, 1.82) is 0 Å². The average molecular weight is 684 g/mol. The molecule has 6 aromatic rings. The summed E-state index contributed by atoms with van der Waals surface area (Å²) >= 11 is 0. The highest BCUT2D eigenvalue weighted by molar-refractivity contribution is 5.91. The molecule has 51 heavy (non-hydrogen) atoms. The fourth-order valence-electron chi connectivity index (χ4n) is 7.52. The predicted octanol–water partition coefficient (Wildman–Crippen LogP) is 12.3. The topological polar surface area (TPSA) is 82.5 Å². The molecule has 3 heterocycles. The summed E-state index contributed by atoms with van der Waals surface area (Å²) in [5, 5.41) is 13.0. The zero-order chi connectivity index (χ0) is 35.9. The number of imidazole rings is 2. The number of aliphatic hydroxyl groups is 1. The monoisotopic (exact) mass is 683 g/mol. The Bertz CT molecular complexity index is 2000. The van der Waals surface area contributed by atoms with E-state index in [1.807, 2.05) is 42.7 Å². The quantitative estimate of drug-likeness (QED) is 0.0895. The molecule has 0 aliphatic carbocycles. The fourth-order valence-corrected chi connectivity index (χ4v) is 7.52. The number of benzene rings is 3. The van der Waals surface area contributed by atoms with E-state index >= 15 is 0 Å². The third kappa shape index (κ3) is 8.23. The van der Waals surface area contributed by atoms with Crippen LogP contribution in [0.1, 0.15) is 133 Å². The second-order valence-corrected chi connectivity index (χ2v) is 14.8. The van der Waals surface area contributed by atoms with Crippen molar-refractivity contribution >= 4 is 10.9 Å². The van der Waals surface area contributed by atoms with Gasteiger partial charge in [-0.25, -0.2) is 9.97 Å². The first kappa shape index (κ1) is 36.4. The Hall–Kier alpha value is -4.42. The van der Waals surface area contributed by atoms with Crippen LogP contribution in [0.15, 0.2) is 85.2 Å². The van der Waals surface area contributed by atoms with Crippen LogP contribution in [0, 0.1) is 12.8 Å². The number of hydrogen-bond donors (Lipinski definition) is 3. The number of fused-ring (bicyclic) bond motifs is 1. The molecule has 0 radical (unpaired) electrons. The van der Waals surface area contributed by atoms with Crippen LogP contribution in [0.3, 0.4) is 0 Å². The summed E-state index contributed by atoms with van der Waals surface area (Å²) < 4.78 is 2.08. The minimum atomic E-state index is -0.840. The van der Waals surface area contributed by atoms with E-state index < -0.39 is 6.23 Å². The van der Waals surface area contributed by atoms with E-state index in [0.717, 1.165) is 99.1 Å². The summed E-state index contributed by atoms with van der Waals surface area (Å²) in [5.74, 6) is 3.79. The summed E-state index contributed by atoms with van der Waals surface area (Å²) in [6.07, 6.45) is 13.9. The lowest BCUT2D eigenvalue weighted by Crippen LogP contribution is -2.11. The van der Waals surface area contributed by atoms with Gasteiger partial charge in [0.25, 0.3) is 0 Å². The second-order valence-electron chi connectivity index (χ2n) is 14.8. The minimum Gasteiger partial charge on any atom is -0.369 e. The summed E-state index contributed by atoms with van der Waals surface area (Å²) in [7, 11) is 0. The van der Waals surface area contributed by atoms with Crippen molar-refractivity contribution in [1.82, 2.24) is 24.5 Å². The number of rotatable bonds is 17. The second kappa shape index (κ2) is 16.7. The Morgan fingerprint density at radius 2 is 1.43 bits per heavy atom. The Morgan fingerprint density at radius 3 is 2.14 bits per heavy atom. The van der Waals surface area contributed by atoms with Crippen LogP contribution in [-0.4, -0.2) is 29.6 Å². The highest BCUT2D eigenvalue weighted by atomic mass is 16.3. The molecule has 4 unspecified atom stereocenters. The van der Waals surface area contributed by atoms with Crippen LogP contribution < -0.4 is 0 Å². The molecule has 0 saturated carbocycles. The Kier molecular flexibility index (Phi) is 11.9. The van der Waals surface area contributed by atoms with Crippen LogP contribution in [0.5, 0.6) is 0 Å². The highest BCUT2D eigenvalue weighted by Gasteiger charge is 2.22.